The molecule has 0 saturated carbocycles. The molecule has 18 heavy (non-hydrogen) atoms. The van der Waals surface area contributed by atoms with Crippen LogP contribution < -0.4 is 5.32 Å². The topological polar surface area (TPSA) is 42.0 Å². The molecule has 1 aromatic heterocycles. The molecule has 0 aliphatic carbocycles. The van der Waals surface area contributed by atoms with Gasteiger partial charge in [-0.15, -0.1) is 0 Å². The van der Waals surface area contributed by atoms with E-state index in [9.17, 15) is 4.79 Å². The summed E-state index contributed by atoms with van der Waals surface area (Å²) in [5, 5.41) is 2.81. The number of nitrogens with zero attached hydrogens (tertiary/aromatic N) is 1. The fourth-order valence-electron chi connectivity index (χ4n) is 1.34. The van der Waals surface area contributed by atoms with Crippen LogP contribution >= 0.6 is 47.8 Å². The summed E-state index contributed by atoms with van der Waals surface area (Å²) in [4.78, 5) is 16.1. The lowest BCUT2D eigenvalue weighted by atomic mass is 10.3. The van der Waals surface area contributed by atoms with E-state index < -0.39 is 0 Å². The van der Waals surface area contributed by atoms with Crippen molar-refractivity contribution in [1.82, 2.24) is 4.98 Å². The van der Waals surface area contributed by atoms with Crippen LogP contribution in [-0.2, 0) is 0 Å². The first-order valence-electron chi connectivity index (χ1n) is 4.95. The summed E-state index contributed by atoms with van der Waals surface area (Å²) >= 11 is 10.1. The number of anilines is 1. The van der Waals surface area contributed by atoms with Crippen LogP contribution in [-0.4, -0.2) is 10.9 Å². The Labute approximate surface area is 129 Å². The number of carbonyl (C=O) groups excluding carboxylic acids is 1. The molecule has 0 fully saturated rings. The molecular formula is C12H7Br3N2O. The van der Waals surface area contributed by atoms with Gasteiger partial charge in [-0.2, -0.15) is 0 Å². The van der Waals surface area contributed by atoms with Gasteiger partial charge in [-0.05, 0) is 72.1 Å². The molecule has 0 aliphatic rings. The average molecular weight is 435 g/mol. The van der Waals surface area contributed by atoms with Gasteiger partial charge in [-0.25, -0.2) is 4.98 Å². The largest absolute Gasteiger partial charge is 0.319 e. The van der Waals surface area contributed by atoms with Crippen molar-refractivity contribution >= 4 is 59.4 Å². The van der Waals surface area contributed by atoms with Crippen molar-refractivity contribution in [3.05, 3.63) is 55.6 Å². The minimum Gasteiger partial charge on any atom is -0.319 e. The van der Waals surface area contributed by atoms with Crippen molar-refractivity contribution in [2.24, 2.45) is 0 Å². The van der Waals surface area contributed by atoms with Crippen molar-refractivity contribution < 1.29 is 4.79 Å². The molecule has 0 saturated heterocycles. The van der Waals surface area contributed by atoms with Crippen LogP contribution in [0.2, 0.25) is 0 Å². The Morgan fingerprint density at radius 2 is 1.61 bits per heavy atom. The molecule has 0 bridgehead atoms. The number of rotatable bonds is 2. The van der Waals surface area contributed by atoms with Gasteiger partial charge in [0.1, 0.15) is 5.69 Å². The summed E-state index contributed by atoms with van der Waals surface area (Å²) in [6, 6.07) is 9.12. The number of carbonyl (C=O) groups is 1. The van der Waals surface area contributed by atoms with Gasteiger partial charge in [0.2, 0.25) is 0 Å². The third kappa shape index (κ3) is 2.99. The zero-order valence-corrected chi connectivity index (χ0v) is 13.7. The smallest absolute Gasteiger partial charge is 0.275 e. The molecule has 2 aromatic rings. The van der Waals surface area contributed by atoms with E-state index in [1.807, 2.05) is 18.2 Å². The summed E-state index contributed by atoms with van der Waals surface area (Å²) in [6.45, 7) is 0. The molecule has 0 spiro atoms. The van der Waals surface area contributed by atoms with E-state index in [2.05, 4.69) is 58.1 Å². The van der Waals surface area contributed by atoms with Gasteiger partial charge in [0.15, 0.2) is 0 Å². The second-order valence-corrected chi connectivity index (χ2v) is 5.95. The van der Waals surface area contributed by atoms with Gasteiger partial charge < -0.3 is 5.32 Å². The predicted molar refractivity (Wildman–Crippen MR) is 81.7 cm³/mol. The Kier molecular flexibility index (Phi) is 4.53. The Morgan fingerprint density at radius 1 is 1.00 bits per heavy atom. The van der Waals surface area contributed by atoms with E-state index in [0.29, 0.717) is 15.9 Å². The maximum absolute atomic E-state index is 12.1. The summed E-state index contributed by atoms with van der Waals surface area (Å²) in [5.41, 5.74) is 1.03. The molecule has 0 aliphatic heterocycles. The van der Waals surface area contributed by atoms with Gasteiger partial charge in [-0.3, -0.25) is 4.79 Å². The third-order valence-corrected chi connectivity index (χ3v) is 4.14. The Bertz CT molecular complexity index is 581. The zero-order valence-electron chi connectivity index (χ0n) is 8.95. The van der Waals surface area contributed by atoms with Crippen LogP contribution in [0.5, 0.6) is 0 Å². The standard InChI is InChI=1S/C12H7Br3N2O/c13-7-3-1-4-8(14)10(7)17-12(18)11-9(15)5-2-6-16-11/h1-6H,(H,17,18). The number of nitrogens with one attached hydrogen (secondary N) is 1. The monoisotopic (exact) mass is 432 g/mol. The first kappa shape index (κ1) is 13.7. The van der Waals surface area contributed by atoms with Crippen LogP contribution in [0.15, 0.2) is 49.9 Å². The van der Waals surface area contributed by atoms with E-state index in [1.54, 1.807) is 18.3 Å². The van der Waals surface area contributed by atoms with Gasteiger partial charge in [0, 0.05) is 19.6 Å². The van der Waals surface area contributed by atoms with Crippen molar-refractivity contribution in [2.45, 2.75) is 0 Å². The third-order valence-electron chi connectivity index (χ3n) is 2.17. The maximum Gasteiger partial charge on any atom is 0.275 e. The predicted octanol–water partition coefficient (Wildman–Crippen LogP) is 4.62. The van der Waals surface area contributed by atoms with E-state index in [0.717, 1.165) is 8.95 Å². The molecule has 0 atom stereocenters. The minimum absolute atomic E-state index is 0.268. The van der Waals surface area contributed by atoms with E-state index >= 15 is 0 Å². The van der Waals surface area contributed by atoms with Gasteiger partial charge in [0.05, 0.1) is 5.69 Å². The lowest BCUT2D eigenvalue weighted by Crippen LogP contribution is -2.15. The van der Waals surface area contributed by atoms with Crippen LogP contribution in [0.1, 0.15) is 10.5 Å². The Morgan fingerprint density at radius 3 is 2.22 bits per heavy atom. The number of hydrogen-bond acceptors (Lipinski definition) is 2. The molecular weight excluding hydrogens is 428 g/mol. The number of aromatic nitrogens is 1. The van der Waals surface area contributed by atoms with Crippen molar-refractivity contribution in [3.8, 4) is 0 Å². The quantitative estimate of drug-likeness (QED) is 0.749. The molecule has 1 aromatic carbocycles. The Balaban J connectivity index is 2.30. The van der Waals surface area contributed by atoms with Crippen molar-refractivity contribution in [1.29, 1.82) is 0 Å². The van der Waals surface area contributed by atoms with Crippen molar-refractivity contribution in [2.75, 3.05) is 5.32 Å². The minimum atomic E-state index is -0.268. The lowest BCUT2D eigenvalue weighted by molar-refractivity contribution is 0.102. The average Bonchev–Trinajstić information content (AvgIpc) is 2.34. The highest BCUT2D eigenvalue weighted by molar-refractivity contribution is 9.11. The summed E-state index contributed by atoms with van der Waals surface area (Å²) < 4.78 is 2.26. The molecule has 3 nitrogen and oxygen atoms in total. The highest BCUT2D eigenvalue weighted by atomic mass is 79.9. The number of hydrogen-bond donors (Lipinski definition) is 1. The molecule has 2 rings (SSSR count). The highest BCUT2D eigenvalue weighted by Gasteiger charge is 2.14. The van der Waals surface area contributed by atoms with E-state index in [1.165, 1.54) is 0 Å². The maximum atomic E-state index is 12.1. The second kappa shape index (κ2) is 5.95. The summed E-state index contributed by atoms with van der Waals surface area (Å²) in [5.74, 6) is -0.268. The SMILES string of the molecule is O=C(Nc1c(Br)cccc1Br)c1ncccc1Br. The molecule has 0 radical (unpaired) electrons. The first-order chi connectivity index (χ1) is 8.59. The summed E-state index contributed by atoms with van der Waals surface area (Å²) in [7, 11) is 0. The zero-order chi connectivity index (χ0) is 13.1. The highest BCUT2D eigenvalue weighted by Crippen LogP contribution is 2.31. The number of benzene rings is 1. The second-order valence-electron chi connectivity index (χ2n) is 3.38. The van der Waals surface area contributed by atoms with Crippen LogP contribution in [0.3, 0.4) is 0 Å². The van der Waals surface area contributed by atoms with Crippen LogP contribution in [0, 0.1) is 0 Å². The molecule has 92 valence electrons. The van der Waals surface area contributed by atoms with Gasteiger partial charge >= 0.3 is 0 Å². The molecule has 0 unspecified atom stereocenters. The van der Waals surface area contributed by atoms with Crippen molar-refractivity contribution in [3.63, 3.8) is 0 Å². The van der Waals surface area contributed by atoms with Crippen LogP contribution in [0.4, 0.5) is 5.69 Å². The van der Waals surface area contributed by atoms with E-state index in [4.69, 9.17) is 0 Å². The van der Waals surface area contributed by atoms with Gasteiger partial charge in [0.25, 0.3) is 5.91 Å². The van der Waals surface area contributed by atoms with Crippen LogP contribution in [0.25, 0.3) is 0 Å². The van der Waals surface area contributed by atoms with E-state index in [-0.39, 0.29) is 5.91 Å². The fourth-order valence-corrected chi connectivity index (χ4v) is 2.97. The number of halogens is 3. The fraction of sp³-hybridized carbons (Fsp3) is 0. The first-order valence-corrected chi connectivity index (χ1v) is 7.33. The lowest BCUT2D eigenvalue weighted by Gasteiger charge is -2.09. The molecule has 6 heteroatoms. The Hall–Kier alpha value is -0.720. The summed E-state index contributed by atoms with van der Waals surface area (Å²) in [6.07, 6.45) is 1.58. The molecule has 1 N–H and O–H groups in total. The molecule has 1 heterocycles. The number of pyridine rings is 1. The number of amides is 1. The van der Waals surface area contributed by atoms with Gasteiger partial charge in [-0.1, -0.05) is 6.07 Å². The normalized spacial score (nSPS) is 10.2. The number of para-hydroxylation sites is 1. The molecule has 1 amide bonds.